The van der Waals surface area contributed by atoms with Crippen molar-refractivity contribution in [2.75, 3.05) is 77.5 Å². The Morgan fingerprint density at radius 1 is 1.17 bits per heavy atom. The fourth-order valence-electron chi connectivity index (χ4n) is 6.00. The molecule has 3 aliphatic rings. The van der Waals surface area contributed by atoms with Gasteiger partial charge in [0.2, 0.25) is 0 Å². The standard InChI is InChI=1S/C15H25N3O2S.C10H21N3.C9H8ClN.CH2O/c1-16-11-12-6-10-21-15(12)17-13-4-7-18(8-5-13)14(20)3-2-9-19;1-12-6-2-10(3-7-12)13-8-4-11-5-9-13;1-3-7-4-6(2)5-8(10)9(7)11;1-2/h6,9-10,13-14,16-17,20H,2-5,7-8,11H2,1H3;10-11H,2-9H2,1H3;1,4-5H,11H2,2H3;1H2. The molecule has 0 amide bonds. The van der Waals surface area contributed by atoms with E-state index in [0.29, 0.717) is 35.2 Å². The zero-order valence-corrected chi connectivity index (χ0v) is 30.1. The number of aldehydes is 1. The number of carbonyl (C=O) groups excluding carboxylic acids is 2. The summed E-state index contributed by atoms with van der Waals surface area (Å²) in [6, 6.07) is 7.12. The molecule has 12 heteroatoms. The van der Waals surface area contributed by atoms with Crippen LogP contribution in [0.5, 0.6) is 0 Å². The first kappa shape index (κ1) is 40.6. The van der Waals surface area contributed by atoms with Gasteiger partial charge in [-0.1, -0.05) is 17.5 Å². The average molecular weight is 690 g/mol. The summed E-state index contributed by atoms with van der Waals surface area (Å²) in [5.41, 5.74) is 9.08. The summed E-state index contributed by atoms with van der Waals surface area (Å²) in [6.07, 6.45) is 11.4. The summed E-state index contributed by atoms with van der Waals surface area (Å²) in [5, 5.41) is 24.1. The molecule has 1 aromatic carbocycles. The van der Waals surface area contributed by atoms with Crippen molar-refractivity contribution in [1.29, 1.82) is 0 Å². The number of terminal acetylenes is 1. The molecular weight excluding hydrogens is 634 g/mol. The maximum Gasteiger partial charge on any atom is 0.120 e. The number of hydrogen-bond acceptors (Lipinski definition) is 11. The van der Waals surface area contributed by atoms with Gasteiger partial charge in [-0.25, -0.2) is 0 Å². The molecule has 6 N–H and O–H groups in total. The van der Waals surface area contributed by atoms with Gasteiger partial charge in [0, 0.05) is 75.4 Å². The van der Waals surface area contributed by atoms with Crippen LogP contribution in [-0.2, 0) is 16.1 Å². The van der Waals surface area contributed by atoms with Crippen LogP contribution in [0.3, 0.4) is 0 Å². The SMILES string of the molecule is C#Cc1cc(C)cc(Cl)c1N.C=O.CN1CCC(N2CCNCC2)CC1.CNCc1ccsc1NC1CCN(C(O)CCC=O)CC1. The van der Waals surface area contributed by atoms with Gasteiger partial charge in [-0.05, 0) is 95.4 Å². The normalized spacial score (nSPS) is 18.6. The van der Waals surface area contributed by atoms with E-state index in [2.05, 4.69) is 55.1 Å². The number of nitrogens with one attached hydrogen (secondary N) is 3. The Kier molecular flexibility index (Phi) is 19.8. The van der Waals surface area contributed by atoms with Crippen LogP contribution in [-0.4, -0.2) is 118 Å². The lowest BCUT2D eigenvalue weighted by Gasteiger charge is -2.39. The molecule has 10 nitrogen and oxygen atoms in total. The van der Waals surface area contributed by atoms with Crippen LogP contribution >= 0.6 is 22.9 Å². The fourth-order valence-corrected chi connectivity index (χ4v) is 7.17. The first-order valence-electron chi connectivity index (χ1n) is 16.5. The molecule has 0 radical (unpaired) electrons. The third-order valence-corrected chi connectivity index (χ3v) is 9.93. The molecule has 3 saturated heterocycles. The number of benzene rings is 1. The number of aliphatic hydroxyl groups excluding tert-OH is 1. The molecular formula is C35H56ClN7O3S. The molecule has 0 aliphatic carbocycles. The second-order valence-electron chi connectivity index (χ2n) is 12.2. The van der Waals surface area contributed by atoms with Gasteiger partial charge in [-0.3, -0.25) is 9.80 Å². The topological polar surface area (TPSA) is 126 Å². The van der Waals surface area contributed by atoms with Gasteiger partial charge in [0.15, 0.2) is 0 Å². The molecule has 1 unspecified atom stereocenters. The van der Waals surface area contributed by atoms with Crippen molar-refractivity contribution >= 4 is 46.7 Å². The molecule has 2 aromatic rings. The lowest BCUT2D eigenvalue weighted by atomic mass is 10.0. The van der Waals surface area contributed by atoms with Crippen LogP contribution in [0.2, 0.25) is 5.02 Å². The van der Waals surface area contributed by atoms with Crippen molar-refractivity contribution in [2.24, 2.45) is 0 Å². The number of aryl methyl sites for hydroxylation is 1. The molecule has 3 fully saturated rings. The third kappa shape index (κ3) is 14.2. The molecule has 1 atom stereocenters. The number of halogens is 1. The zero-order valence-electron chi connectivity index (χ0n) is 28.5. The molecule has 4 heterocycles. The molecule has 3 aliphatic heterocycles. The third-order valence-electron chi connectivity index (χ3n) is 8.73. The van der Waals surface area contributed by atoms with Crippen LogP contribution in [0.1, 0.15) is 55.2 Å². The smallest absolute Gasteiger partial charge is 0.120 e. The van der Waals surface area contributed by atoms with Crippen LogP contribution in [0.4, 0.5) is 10.7 Å². The minimum absolute atomic E-state index is 0.432. The number of hydrogen-bond donors (Lipinski definition) is 5. The Balaban J connectivity index is 0.000000254. The number of aliphatic hydroxyl groups is 1. The Morgan fingerprint density at radius 3 is 2.43 bits per heavy atom. The second kappa shape index (κ2) is 22.9. The van der Waals surface area contributed by atoms with Gasteiger partial charge in [-0.15, -0.1) is 17.8 Å². The summed E-state index contributed by atoms with van der Waals surface area (Å²) in [6.45, 7) is 14.0. The maximum absolute atomic E-state index is 10.4. The predicted molar refractivity (Wildman–Crippen MR) is 197 cm³/mol. The van der Waals surface area contributed by atoms with E-state index >= 15 is 0 Å². The van der Waals surface area contributed by atoms with Gasteiger partial charge in [-0.2, -0.15) is 0 Å². The molecule has 47 heavy (non-hydrogen) atoms. The van der Waals surface area contributed by atoms with Crippen molar-refractivity contribution in [1.82, 2.24) is 25.3 Å². The second-order valence-corrected chi connectivity index (χ2v) is 13.5. The van der Waals surface area contributed by atoms with Gasteiger partial charge in [0.1, 0.15) is 19.3 Å². The molecule has 0 spiro atoms. The van der Waals surface area contributed by atoms with E-state index in [9.17, 15) is 9.90 Å². The summed E-state index contributed by atoms with van der Waals surface area (Å²) < 4.78 is 0. The highest BCUT2D eigenvalue weighted by Gasteiger charge is 2.25. The van der Waals surface area contributed by atoms with Crippen molar-refractivity contribution in [3.63, 3.8) is 0 Å². The zero-order chi connectivity index (χ0) is 34.6. The van der Waals surface area contributed by atoms with Gasteiger partial charge >= 0.3 is 0 Å². The maximum atomic E-state index is 10.4. The van der Waals surface area contributed by atoms with E-state index in [1.807, 2.05) is 26.8 Å². The molecule has 1 aromatic heterocycles. The monoisotopic (exact) mass is 689 g/mol. The summed E-state index contributed by atoms with van der Waals surface area (Å²) >= 11 is 7.53. The van der Waals surface area contributed by atoms with Crippen LogP contribution in [0.25, 0.3) is 0 Å². The van der Waals surface area contributed by atoms with Crippen molar-refractivity contribution in [3.05, 3.63) is 45.3 Å². The Bertz CT molecular complexity index is 1200. The Hall–Kier alpha value is -2.53. The van der Waals surface area contributed by atoms with Crippen molar-refractivity contribution in [3.8, 4) is 12.3 Å². The minimum atomic E-state index is -0.474. The largest absolute Gasteiger partial charge is 0.397 e. The average Bonchev–Trinajstić information content (AvgIpc) is 3.54. The van der Waals surface area contributed by atoms with E-state index in [0.717, 1.165) is 50.4 Å². The van der Waals surface area contributed by atoms with Crippen molar-refractivity contribution in [2.45, 2.75) is 70.3 Å². The first-order valence-corrected chi connectivity index (χ1v) is 17.8. The number of nitrogens with two attached hydrogens (primary N) is 1. The van der Waals surface area contributed by atoms with E-state index < -0.39 is 6.23 Å². The molecule has 5 rings (SSSR count). The lowest BCUT2D eigenvalue weighted by Crippen LogP contribution is -2.51. The number of nitrogens with zero attached hydrogens (tertiary/aromatic N) is 3. The first-order chi connectivity index (χ1) is 22.7. The van der Waals surface area contributed by atoms with E-state index in [1.54, 1.807) is 17.4 Å². The fraction of sp³-hybridized carbons (Fsp3) is 0.600. The molecule has 0 bridgehead atoms. The Morgan fingerprint density at radius 2 is 1.83 bits per heavy atom. The highest BCUT2D eigenvalue weighted by atomic mass is 35.5. The summed E-state index contributed by atoms with van der Waals surface area (Å²) in [5.74, 6) is 2.47. The quantitative estimate of drug-likeness (QED) is 0.151. The number of likely N-dealkylation sites (tertiary alicyclic amines) is 2. The minimum Gasteiger partial charge on any atom is -0.397 e. The van der Waals surface area contributed by atoms with Gasteiger partial charge in [0.25, 0.3) is 0 Å². The van der Waals surface area contributed by atoms with Gasteiger partial charge < -0.3 is 41.3 Å². The number of piperidine rings is 2. The highest BCUT2D eigenvalue weighted by molar-refractivity contribution is 7.14. The lowest BCUT2D eigenvalue weighted by molar-refractivity contribution is -0.109. The van der Waals surface area contributed by atoms with E-state index in [1.165, 1.54) is 62.7 Å². The van der Waals surface area contributed by atoms with Crippen LogP contribution in [0, 0.1) is 19.3 Å². The number of piperazine rings is 1. The molecule has 0 saturated carbocycles. The van der Waals surface area contributed by atoms with Crippen molar-refractivity contribution < 1.29 is 14.7 Å². The summed E-state index contributed by atoms with van der Waals surface area (Å²) in [4.78, 5) is 25.6. The summed E-state index contributed by atoms with van der Waals surface area (Å²) in [7, 11) is 4.19. The predicted octanol–water partition coefficient (Wildman–Crippen LogP) is 3.65. The van der Waals surface area contributed by atoms with Gasteiger partial charge in [0.05, 0.1) is 15.7 Å². The van der Waals surface area contributed by atoms with Crippen LogP contribution < -0.4 is 21.7 Å². The number of carbonyl (C=O) groups is 2. The van der Waals surface area contributed by atoms with E-state index in [4.69, 9.17) is 28.6 Å². The number of thiophene rings is 1. The number of rotatable bonds is 9. The van der Waals surface area contributed by atoms with Crippen LogP contribution in [0.15, 0.2) is 23.6 Å². The number of anilines is 2. The highest BCUT2D eigenvalue weighted by Crippen LogP contribution is 2.27. The number of nitrogen functional groups attached to an aromatic ring is 1. The van der Waals surface area contributed by atoms with E-state index in [-0.39, 0.29) is 0 Å². The Labute approximate surface area is 291 Å². The molecule has 262 valence electrons.